The molecule has 28 heavy (non-hydrogen) atoms. The molecular weight excluding hydrogens is 374 g/mol. The van der Waals surface area contributed by atoms with E-state index in [1.165, 1.54) is 0 Å². The first kappa shape index (κ1) is 18.1. The number of ether oxygens (including phenoxy) is 2. The third-order valence-corrected chi connectivity index (χ3v) is 4.60. The van der Waals surface area contributed by atoms with Crippen molar-refractivity contribution in [1.29, 1.82) is 0 Å². The van der Waals surface area contributed by atoms with Crippen LogP contribution in [0.5, 0.6) is 11.5 Å². The summed E-state index contributed by atoms with van der Waals surface area (Å²) in [6.07, 6.45) is 0. The quantitative estimate of drug-likeness (QED) is 0.441. The van der Waals surface area contributed by atoms with E-state index in [0.29, 0.717) is 17.3 Å². The molecule has 3 aromatic carbocycles. The molecule has 4 aromatic rings. The molecule has 4 rings (SSSR count). The average molecular weight is 392 g/mol. The van der Waals surface area contributed by atoms with E-state index in [4.69, 9.17) is 21.1 Å². The molecule has 0 aliphatic carbocycles. The monoisotopic (exact) mass is 391 g/mol. The number of nitrogens with zero attached hydrogens (tertiary/aromatic N) is 2. The second-order valence-corrected chi connectivity index (χ2v) is 6.44. The highest BCUT2D eigenvalue weighted by molar-refractivity contribution is 6.29. The molecule has 0 amide bonds. The van der Waals surface area contributed by atoms with E-state index in [9.17, 15) is 0 Å². The highest BCUT2D eigenvalue weighted by atomic mass is 35.5. The van der Waals surface area contributed by atoms with Crippen LogP contribution in [0.3, 0.4) is 0 Å². The van der Waals surface area contributed by atoms with Gasteiger partial charge in [0, 0.05) is 11.8 Å². The van der Waals surface area contributed by atoms with Gasteiger partial charge in [-0.2, -0.15) is 4.98 Å². The zero-order valence-corrected chi connectivity index (χ0v) is 16.2. The predicted octanol–water partition coefficient (Wildman–Crippen LogP) is 5.71. The smallest absolute Gasteiger partial charge is 0.224 e. The molecule has 0 bridgehead atoms. The van der Waals surface area contributed by atoms with Gasteiger partial charge in [0.05, 0.1) is 25.1 Å². The Bertz CT molecular complexity index is 1130. The lowest BCUT2D eigenvalue weighted by Gasteiger charge is -2.14. The van der Waals surface area contributed by atoms with E-state index in [1.807, 2.05) is 48.5 Å². The number of rotatable bonds is 5. The summed E-state index contributed by atoms with van der Waals surface area (Å²) >= 11 is 6.19. The number of nitrogens with one attached hydrogen (secondary N) is 1. The Hall–Kier alpha value is -3.31. The van der Waals surface area contributed by atoms with Gasteiger partial charge in [-0.25, -0.2) is 4.98 Å². The Kier molecular flexibility index (Phi) is 5.00. The normalized spacial score (nSPS) is 10.7. The van der Waals surface area contributed by atoms with Gasteiger partial charge < -0.3 is 14.8 Å². The highest BCUT2D eigenvalue weighted by Crippen LogP contribution is 2.36. The summed E-state index contributed by atoms with van der Waals surface area (Å²) < 4.78 is 10.7. The third kappa shape index (κ3) is 3.44. The summed E-state index contributed by atoms with van der Waals surface area (Å²) in [5.74, 6) is 1.91. The molecule has 0 atom stereocenters. The number of fused-ring (bicyclic) bond motifs is 1. The summed E-state index contributed by atoms with van der Waals surface area (Å²) in [5.41, 5.74) is 3.67. The lowest BCUT2D eigenvalue weighted by Crippen LogP contribution is -1.99. The molecule has 140 valence electrons. The zero-order valence-electron chi connectivity index (χ0n) is 15.4. The van der Waals surface area contributed by atoms with Gasteiger partial charge in [-0.3, -0.25) is 0 Å². The lowest BCUT2D eigenvalue weighted by molar-refractivity contribution is 0.355. The SMILES string of the molecule is COc1ccc(Nc2nc(Cl)nc3cccc(-c4ccccc4)c23)cc1OC. The number of benzene rings is 3. The maximum atomic E-state index is 6.19. The van der Waals surface area contributed by atoms with Gasteiger partial charge in [0.1, 0.15) is 5.82 Å². The minimum absolute atomic E-state index is 0.181. The fraction of sp³-hybridized carbons (Fsp3) is 0.0909. The van der Waals surface area contributed by atoms with Crippen molar-refractivity contribution in [2.24, 2.45) is 0 Å². The van der Waals surface area contributed by atoms with Crippen LogP contribution in [-0.2, 0) is 0 Å². The van der Waals surface area contributed by atoms with Gasteiger partial charge in [0.15, 0.2) is 11.5 Å². The van der Waals surface area contributed by atoms with Crippen LogP contribution in [0.25, 0.3) is 22.0 Å². The molecule has 1 heterocycles. The van der Waals surface area contributed by atoms with Crippen LogP contribution >= 0.6 is 11.6 Å². The number of anilines is 2. The van der Waals surface area contributed by atoms with Gasteiger partial charge >= 0.3 is 0 Å². The summed E-state index contributed by atoms with van der Waals surface area (Å²) in [5, 5.41) is 4.43. The van der Waals surface area contributed by atoms with E-state index in [1.54, 1.807) is 14.2 Å². The van der Waals surface area contributed by atoms with Crippen LogP contribution < -0.4 is 14.8 Å². The van der Waals surface area contributed by atoms with E-state index in [-0.39, 0.29) is 5.28 Å². The molecule has 0 unspecified atom stereocenters. The Morgan fingerprint density at radius 1 is 0.821 bits per heavy atom. The van der Waals surface area contributed by atoms with Crippen molar-refractivity contribution in [3.63, 3.8) is 0 Å². The van der Waals surface area contributed by atoms with Crippen LogP contribution in [0.15, 0.2) is 66.7 Å². The number of hydrogen-bond donors (Lipinski definition) is 1. The third-order valence-electron chi connectivity index (χ3n) is 4.43. The first-order valence-corrected chi connectivity index (χ1v) is 9.08. The summed E-state index contributed by atoms with van der Waals surface area (Å²) in [6.45, 7) is 0. The largest absolute Gasteiger partial charge is 0.493 e. The second-order valence-electron chi connectivity index (χ2n) is 6.10. The van der Waals surface area contributed by atoms with Crippen LogP contribution in [0, 0.1) is 0 Å². The van der Waals surface area contributed by atoms with Gasteiger partial charge in [-0.1, -0.05) is 42.5 Å². The fourth-order valence-electron chi connectivity index (χ4n) is 3.15. The second kappa shape index (κ2) is 7.74. The number of halogens is 1. The van der Waals surface area contributed by atoms with Crippen LogP contribution in [-0.4, -0.2) is 24.2 Å². The lowest BCUT2D eigenvalue weighted by atomic mass is 10.0. The van der Waals surface area contributed by atoms with E-state index >= 15 is 0 Å². The molecule has 0 spiro atoms. The van der Waals surface area contributed by atoms with Gasteiger partial charge in [-0.15, -0.1) is 0 Å². The molecule has 6 heteroatoms. The molecule has 0 aliphatic rings. The van der Waals surface area contributed by atoms with Crippen molar-refractivity contribution < 1.29 is 9.47 Å². The minimum Gasteiger partial charge on any atom is -0.493 e. The Balaban J connectivity index is 1.87. The van der Waals surface area contributed by atoms with E-state index in [0.717, 1.165) is 27.7 Å². The maximum absolute atomic E-state index is 6.19. The van der Waals surface area contributed by atoms with Gasteiger partial charge in [0.25, 0.3) is 0 Å². The van der Waals surface area contributed by atoms with E-state index in [2.05, 4.69) is 33.5 Å². The van der Waals surface area contributed by atoms with Crippen molar-refractivity contribution in [1.82, 2.24) is 9.97 Å². The maximum Gasteiger partial charge on any atom is 0.224 e. The molecule has 5 nitrogen and oxygen atoms in total. The summed E-state index contributed by atoms with van der Waals surface area (Å²) in [4.78, 5) is 8.85. The Morgan fingerprint density at radius 3 is 2.36 bits per heavy atom. The van der Waals surface area contributed by atoms with Crippen LogP contribution in [0.2, 0.25) is 5.28 Å². The topological polar surface area (TPSA) is 56.3 Å². The number of hydrogen-bond acceptors (Lipinski definition) is 5. The average Bonchev–Trinajstić information content (AvgIpc) is 2.73. The molecule has 0 radical (unpaired) electrons. The van der Waals surface area contributed by atoms with Crippen LogP contribution in [0.4, 0.5) is 11.5 Å². The molecule has 0 saturated heterocycles. The highest BCUT2D eigenvalue weighted by Gasteiger charge is 2.14. The summed E-state index contributed by atoms with van der Waals surface area (Å²) in [7, 11) is 3.21. The van der Waals surface area contributed by atoms with Crippen molar-refractivity contribution in [2.45, 2.75) is 0 Å². The fourth-order valence-corrected chi connectivity index (χ4v) is 3.33. The number of methoxy groups -OCH3 is 2. The molecular formula is C22H18ClN3O2. The molecule has 0 saturated carbocycles. The molecule has 0 fully saturated rings. The zero-order chi connectivity index (χ0) is 19.5. The van der Waals surface area contributed by atoms with Gasteiger partial charge in [0.2, 0.25) is 5.28 Å². The Morgan fingerprint density at radius 2 is 1.61 bits per heavy atom. The summed E-state index contributed by atoms with van der Waals surface area (Å²) in [6, 6.07) is 21.7. The minimum atomic E-state index is 0.181. The first-order chi connectivity index (χ1) is 13.7. The Labute approximate surface area is 167 Å². The van der Waals surface area contributed by atoms with Gasteiger partial charge in [-0.05, 0) is 40.9 Å². The van der Waals surface area contributed by atoms with Crippen molar-refractivity contribution in [2.75, 3.05) is 19.5 Å². The van der Waals surface area contributed by atoms with Crippen molar-refractivity contribution in [3.8, 4) is 22.6 Å². The standard InChI is InChI=1S/C22H18ClN3O2/c1-27-18-12-11-15(13-19(18)28-2)24-21-20-16(14-7-4-3-5-8-14)9-6-10-17(20)25-22(23)26-21/h3-13H,1-2H3,(H,24,25,26). The molecule has 0 aliphatic heterocycles. The van der Waals surface area contributed by atoms with Crippen LogP contribution in [0.1, 0.15) is 0 Å². The number of aromatic nitrogens is 2. The van der Waals surface area contributed by atoms with E-state index < -0.39 is 0 Å². The first-order valence-electron chi connectivity index (χ1n) is 8.70. The molecule has 1 N–H and O–H groups in total. The molecule has 1 aromatic heterocycles. The van der Waals surface area contributed by atoms with Crippen molar-refractivity contribution in [3.05, 3.63) is 72.0 Å². The van der Waals surface area contributed by atoms with Crippen molar-refractivity contribution >= 4 is 34.0 Å². The predicted molar refractivity (Wildman–Crippen MR) is 113 cm³/mol.